The molecule has 0 radical (unpaired) electrons. The summed E-state index contributed by atoms with van der Waals surface area (Å²) in [5, 5.41) is 9.05. The third-order valence-corrected chi connectivity index (χ3v) is 3.65. The fourth-order valence-electron chi connectivity index (χ4n) is 2.48. The standard InChI is InChI=1S/C11H16N2O/c1-13-6-3-9(7-13)10(14)11(8-12)4-2-5-11/h9H,2-7H2,1H3. The van der Waals surface area contributed by atoms with Crippen LogP contribution in [0.25, 0.3) is 0 Å². The van der Waals surface area contributed by atoms with Crippen molar-refractivity contribution in [1.29, 1.82) is 5.26 Å². The lowest BCUT2D eigenvalue weighted by atomic mass is 9.64. The highest BCUT2D eigenvalue weighted by molar-refractivity contribution is 5.90. The number of carbonyl (C=O) groups is 1. The lowest BCUT2D eigenvalue weighted by Gasteiger charge is -2.35. The molecule has 1 aliphatic heterocycles. The van der Waals surface area contributed by atoms with Crippen LogP contribution in [0.3, 0.4) is 0 Å². The van der Waals surface area contributed by atoms with Crippen LogP contribution in [0.5, 0.6) is 0 Å². The fraction of sp³-hybridized carbons (Fsp3) is 0.818. The van der Waals surface area contributed by atoms with Crippen molar-refractivity contribution in [2.24, 2.45) is 11.3 Å². The van der Waals surface area contributed by atoms with Gasteiger partial charge in [-0.25, -0.2) is 0 Å². The van der Waals surface area contributed by atoms with Crippen LogP contribution in [0.15, 0.2) is 0 Å². The van der Waals surface area contributed by atoms with Crippen LogP contribution >= 0.6 is 0 Å². The van der Waals surface area contributed by atoms with Gasteiger partial charge in [0, 0.05) is 12.5 Å². The number of Topliss-reactive ketones (excluding diaryl/α,β-unsaturated/α-hetero) is 1. The predicted octanol–water partition coefficient (Wildman–Crippen LogP) is 1.20. The zero-order chi connectivity index (χ0) is 10.2. The monoisotopic (exact) mass is 192 g/mol. The molecule has 1 aliphatic carbocycles. The Morgan fingerprint density at radius 3 is 2.64 bits per heavy atom. The van der Waals surface area contributed by atoms with Crippen molar-refractivity contribution < 1.29 is 4.79 Å². The van der Waals surface area contributed by atoms with E-state index in [0.717, 1.165) is 38.8 Å². The Morgan fingerprint density at radius 2 is 2.29 bits per heavy atom. The maximum Gasteiger partial charge on any atom is 0.157 e. The topological polar surface area (TPSA) is 44.1 Å². The second-order valence-electron chi connectivity index (χ2n) is 4.66. The summed E-state index contributed by atoms with van der Waals surface area (Å²) in [6, 6.07) is 2.24. The minimum Gasteiger partial charge on any atom is -0.306 e. The van der Waals surface area contributed by atoms with E-state index >= 15 is 0 Å². The Balaban J connectivity index is 2.05. The van der Waals surface area contributed by atoms with Crippen molar-refractivity contribution in [3.63, 3.8) is 0 Å². The first-order chi connectivity index (χ1) is 6.68. The molecule has 2 rings (SSSR count). The van der Waals surface area contributed by atoms with Crippen molar-refractivity contribution in [3.8, 4) is 6.07 Å². The van der Waals surface area contributed by atoms with E-state index in [1.54, 1.807) is 0 Å². The Labute approximate surface area is 84.7 Å². The number of nitrogens with zero attached hydrogens (tertiary/aromatic N) is 2. The van der Waals surface area contributed by atoms with Crippen molar-refractivity contribution >= 4 is 5.78 Å². The highest BCUT2D eigenvalue weighted by Crippen LogP contribution is 2.43. The molecule has 1 saturated carbocycles. The van der Waals surface area contributed by atoms with E-state index in [1.165, 1.54) is 0 Å². The van der Waals surface area contributed by atoms with Crippen LogP contribution in [0.4, 0.5) is 0 Å². The third kappa shape index (κ3) is 1.34. The molecule has 14 heavy (non-hydrogen) atoms. The van der Waals surface area contributed by atoms with Crippen molar-refractivity contribution in [3.05, 3.63) is 0 Å². The van der Waals surface area contributed by atoms with Gasteiger partial charge in [-0.2, -0.15) is 5.26 Å². The highest BCUT2D eigenvalue weighted by atomic mass is 16.1. The number of rotatable bonds is 2. The Hall–Kier alpha value is -0.880. The van der Waals surface area contributed by atoms with Crippen LogP contribution in [0.2, 0.25) is 0 Å². The van der Waals surface area contributed by atoms with E-state index in [0.29, 0.717) is 0 Å². The first-order valence-electron chi connectivity index (χ1n) is 5.32. The van der Waals surface area contributed by atoms with Crippen LogP contribution in [0.1, 0.15) is 25.7 Å². The van der Waals surface area contributed by atoms with Crippen molar-refractivity contribution in [2.75, 3.05) is 20.1 Å². The summed E-state index contributed by atoms with van der Waals surface area (Å²) >= 11 is 0. The molecule has 0 aromatic rings. The SMILES string of the molecule is CN1CCC(C(=O)C2(C#N)CCC2)C1. The second-order valence-corrected chi connectivity index (χ2v) is 4.66. The molecule has 0 N–H and O–H groups in total. The maximum atomic E-state index is 12.1. The molecular weight excluding hydrogens is 176 g/mol. The number of ketones is 1. The van der Waals surface area contributed by atoms with Crippen LogP contribution in [-0.2, 0) is 4.79 Å². The molecule has 1 atom stereocenters. The Bertz CT molecular complexity index is 288. The van der Waals surface area contributed by atoms with Gasteiger partial charge in [-0.05, 0) is 39.3 Å². The van der Waals surface area contributed by atoms with Gasteiger partial charge in [0.15, 0.2) is 5.78 Å². The number of nitriles is 1. The molecule has 1 saturated heterocycles. The van der Waals surface area contributed by atoms with Gasteiger partial charge >= 0.3 is 0 Å². The van der Waals surface area contributed by atoms with Crippen LogP contribution in [-0.4, -0.2) is 30.8 Å². The predicted molar refractivity (Wildman–Crippen MR) is 52.5 cm³/mol. The Kier molecular flexibility index (Phi) is 2.32. The minimum absolute atomic E-state index is 0.125. The minimum atomic E-state index is -0.587. The van der Waals surface area contributed by atoms with E-state index in [-0.39, 0.29) is 11.7 Å². The van der Waals surface area contributed by atoms with E-state index in [1.807, 2.05) is 7.05 Å². The zero-order valence-corrected chi connectivity index (χ0v) is 8.62. The van der Waals surface area contributed by atoms with Gasteiger partial charge in [-0.1, -0.05) is 0 Å². The average Bonchev–Trinajstić information content (AvgIpc) is 2.50. The van der Waals surface area contributed by atoms with E-state index in [2.05, 4.69) is 11.0 Å². The largest absolute Gasteiger partial charge is 0.306 e. The molecule has 1 unspecified atom stereocenters. The van der Waals surface area contributed by atoms with E-state index in [9.17, 15) is 4.79 Å². The van der Waals surface area contributed by atoms with Gasteiger partial charge < -0.3 is 4.90 Å². The maximum absolute atomic E-state index is 12.1. The van der Waals surface area contributed by atoms with E-state index < -0.39 is 5.41 Å². The molecule has 2 aliphatic rings. The zero-order valence-electron chi connectivity index (χ0n) is 8.62. The molecule has 0 amide bonds. The molecule has 1 heterocycles. The van der Waals surface area contributed by atoms with Gasteiger partial charge in [-0.3, -0.25) is 4.79 Å². The highest BCUT2D eigenvalue weighted by Gasteiger charge is 2.47. The summed E-state index contributed by atoms with van der Waals surface area (Å²) in [7, 11) is 2.03. The van der Waals surface area contributed by atoms with Crippen LogP contribution < -0.4 is 0 Å². The van der Waals surface area contributed by atoms with Crippen molar-refractivity contribution in [1.82, 2.24) is 4.90 Å². The first-order valence-corrected chi connectivity index (χ1v) is 5.32. The lowest BCUT2D eigenvalue weighted by molar-refractivity contribution is -0.133. The first kappa shape index (κ1) is 9.67. The summed E-state index contributed by atoms with van der Waals surface area (Å²) in [5.41, 5.74) is -0.587. The van der Waals surface area contributed by atoms with Crippen molar-refractivity contribution in [2.45, 2.75) is 25.7 Å². The Morgan fingerprint density at radius 1 is 1.57 bits per heavy atom. The molecule has 0 aromatic carbocycles. The second kappa shape index (κ2) is 3.36. The molecule has 2 fully saturated rings. The summed E-state index contributed by atoms with van der Waals surface area (Å²) in [4.78, 5) is 14.2. The number of hydrogen-bond acceptors (Lipinski definition) is 3. The van der Waals surface area contributed by atoms with E-state index in [4.69, 9.17) is 5.26 Å². The molecule has 76 valence electrons. The van der Waals surface area contributed by atoms with Crippen LogP contribution in [0, 0.1) is 22.7 Å². The number of carbonyl (C=O) groups excluding carboxylic acids is 1. The fourth-order valence-corrected chi connectivity index (χ4v) is 2.48. The van der Waals surface area contributed by atoms with Gasteiger partial charge in [0.05, 0.1) is 6.07 Å². The van der Waals surface area contributed by atoms with Gasteiger partial charge in [0.2, 0.25) is 0 Å². The third-order valence-electron chi connectivity index (χ3n) is 3.65. The molecule has 3 heteroatoms. The van der Waals surface area contributed by atoms with Gasteiger partial charge in [0.1, 0.15) is 5.41 Å². The normalized spacial score (nSPS) is 30.7. The number of hydrogen-bond donors (Lipinski definition) is 0. The average molecular weight is 192 g/mol. The smallest absolute Gasteiger partial charge is 0.157 e. The van der Waals surface area contributed by atoms with Gasteiger partial charge in [0.25, 0.3) is 0 Å². The molecular formula is C11H16N2O. The van der Waals surface area contributed by atoms with Gasteiger partial charge in [-0.15, -0.1) is 0 Å². The number of likely N-dealkylation sites (tertiary alicyclic amines) is 1. The quantitative estimate of drug-likeness (QED) is 0.660. The molecule has 3 nitrogen and oxygen atoms in total. The molecule has 0 spiro atoms. The summed E-state index contributed by atoms with van der Waals surface area (Å²) < 4.78 is 0. The summed E-state index contributed by atoms with van der Waals surface area (Å²) in [6.07, 6.45) is 3.58. The summed E-state index contributed by atoms with van der Waals surface area (Å²) in [6.45, 7) is 1.85. The lowest BCUT2D eigenvalue weighted by Crippen LogP contribution is -2.41. The summed E-state index contributed by atoms with van der Waals surface area (Å²) in [5.74, 6) is 0.343. The molecule has 0 aromatic heterocycles. The molecule has 0 bridgehead atoms.